The zero-order valence-electron chi connectivity index (χ0n) is 10.5. The molecule has 0 radical (unpaired) electrons. The molecule has 1 aromatic rings. The van der Waals surface area contributed by atoms with Gasteiger partial charge in [-0.15, -0.1) is 11.3 Å². The van der Waals surface area contributed by atoms with E-state index in [-0.39, 0.29) is 24.0 Å². The van der Waals surface area contributed by atoms with Gasteiger partial charge in [0.2, 0.25) is 0 Å². The van der Waals surface area contributed by atoms with Crippen LogP contribution in [0, 0.1) is 0 Å². The molecule has 0 aromatic carbocycles. The molecule has 1 aromatic heterocycles. The molecule has 0 bridgehead atoms. The Morgan fingerprint density at radius 3 is 2.58 bits per heavy atom. The highest BCUT2D eigenvalue weighted by Gasteiger charge is 2.23. The molecule has 0 spiro atoms. The molecule has 106 valence electrons. The molecule has 1 fully saturated rings. The second-order valence-corrected chi connectivity index (χ2v) is 8.30. The predicted octanol–water partition coefficient (Wildman–Crippen LogP) is 1.04. The summed E-state index contributed by atoms with van der Waals surface area (Å²) in [6.07, 6.45) is 1.39. The van der Waals surface area contributed by atoms with Crippen LogP contribution < -0.4 is 5.32 Å². The molecule has 1 aliphatic rings. The third kappa shape index (κ3) is 4.59. The molecule has 0 unspecified atom stereocenters. The maximum absolute atomic E-state index is 11.3. The van der Waals surface area contributed by atoms with Gasteiger partial charge in [-0.2, -0.15) is 0 Å². The van der Waals surface area contributed by atoms with Crippen LogP contribution in [0.1, 0.15) is 22.6 Å². The van der Waals surface area contributed by atoms with E-state index in [1.165, 1.54) is 11.3 Å². The monoisotopic (exact) mass is 303 g/mol. The minimum absolute atomic E-state index is 0.0618. The first-order valence-electron chi connectivity index (χ1n) is 6.18. The molecule has 0 aliphatic carbocycles. The van der Waals surface area contributed by atoms with Gasteiger partial charge in [-0.1, -0.05) is 0 Å². The largest absolute Gasteiger partial charge is 0.481 e. The quantitative estimate of drug-likeness (QED) is 0.849. The molecule has 19 heavy (non-hydrogen) atoms. The molecule has 0 amide bonds. The molecule has 0 atom stereocenters. The summed E-state index contributed by atoms with van der Waals surface area (Å²) < 4.78 is 22.6. The highest BCUT2D eigenvalue weighted by Crippen LogP contribution is 2.18. The summed E-state index contributed by atoms with van der Waals surface area (Å²) in [7, 11) is -2.81. The van der Waals surface area contributed by atoms with Gasteiger partial charge < -0.3 is 10.4 Å². The normalized spacial score (nSPS) is 19.4. The van der Waals surface area contributed by atoms with Gasteiger partial charge in [-0.3, -0.25) is 4.79 Å². The lowest BCUT2D eigenvalue weighted by atomic mass is 10.1. The minimum atomic E-state index is -2.81. The Balaban J connectivity index is 1.79. The number of thiophene rings is 1. The zero-order chi connectivity index (χ0) is 13.9. The van der Waals surface area contributed by atoms with Crippen LogP contribution in [0.4, 0.5) is 0 Å². The van der Waals surface area contributed by atoms with Gasteiger partial charge in [-0.05, 0) is 25.0 Å². The van der Waals surface area contributed by atoms with Crippen molar-refractivity contribution in [3.63, 3.8) is 0 Å². The molecular formula is C12H17NO4S2. The molecule has 5 nitrogen and oxygen atoms in total. The van der Waals surface area contributed by atoms with Crippen LogP contribution >= 0.6 is 11.3 Å². The maximum Gasteiger partial charge on any atom is 0.308 e. The maximum atomic E-state index is 11.3. The standard InChI is InChI=1S/C12H17NO4S2/c14-12(15)7-10-1-2-11(18-10)8-13-9-3-5-19(16,17)6-4-9/h1-2,9,13H,3-8H2,(H,14,15). The molecule has 2 N–H and O–H groups in total. The number of hydrogen-bond donors (Lipinski definition) is 2. The third-order valence-electron chi connectivity index (χ3n) is 3.16. The van der Waals surface area contributed by atoms with Gasteiger partial charge >= 0.3 is 5.97 Å². The van der Waals surface area contributed by atoms with E-state index in [1.54, 1.807) is 0 Å². The van der Waals surface area contributed by atoms with Gasteiger partial charge in [0.15, 0.2) is 0 Å². The molecule has 2 heterocycles. The van der Waals surface area contributed by atoms with E-state index in [1.807, 2.05) is 12.1 Å². The highest BCUT2D eigenvalue weighted by atomic mass is 32.2. The predicted molar refractivity (Wildman–Crippen MR) is 74.2 cm³/mol. The Morgan fingerprint density at radius 1 is 1.32 bits per heavy atom. The van der Waals surface area contributed by atoms with Gasteiger partial charge in [0.05, 0.1) is 17.9 Å². The van der Waals surface area contributed by atoms with E-state index in [0.29, 0.717) is 19.4 Å². The number of carboxylic acid groups (broad SMARTS) is 1. The van der Waals surface area contributed by atoms with Crippen LogP contribution in [-0.4, -0.2) is 37.0 Å². The average Bonchev–Trinajstić information content (AvgIpc) is 2.74. The van der Waals surface area contributed by atoms with Crippen molar-refractivity contribution in [3.8, 4) is 0 Å². The summed E-state index contributed by atoms with van der Waals surface area (Å²) in [5.74, 6) is -0.294. The van der Waals surface area contributed by atoms with E-state index in [2.05, 4.69) is 5.32 Å². The van der Waals surface area contributed by atoms with Crippen molar-refractivity contribution >= 4 is 27.1 Å². The van der Waals surface area contributed by atoms with Gasteiger partial charge in [0, 0.05) is 22.3 Å². The summed E-state index contributed by atoms with van der Waals surface area (Å²) in [6, 6.07) is 4.00. The fourth-order valence-corrected chi connectivity index (χ4v) is 4.55. The van der Waals surface area contributed by atoms with E-state index in [9.17, 15) is 13.2 Å². The first-order valence-corrected chi connectivity index (χ1v) is 8.81. The first kappa shape index (κ1) is 14.5. The Kier molecular flexibility index (Phi) is 4.59. The van der Waals surface area contributed by atoms with E-state index >= 15 is 0 Å². The molecule has 1 aliphatic heterocycles. The number of carbonyl (C=O) groups is 1. The Hall–Kier alpha value is -0.920. The van der Waals surface area contributed by atoms with Crippen molar-refractivity contribution < 1.29 is 18.3 Å². The molecule has 7 heteroatoms. The van der Waals surface area contributed by atoms with Crippen molar-refractivity contribution in [2.75, 3.05) is 11.5 Å². The fourth-order valence-electron chi connectivity index (χ4n) is 2.10. The van der Waals surface area contributed by atoms with Crippen LogP contribution in [-0.2, 0) is 27.6 Å². The van der Waals surface area contributed by atoms with Crippen molar-refractivity contribution in [3.05, 3.63) is 21.9 Å². The fraction of sp³-hybridized carbons (Fsp3) is 0.583. The third-order valence-corrected chi connectivity index (χ3v) is 5.96. The number of hydrogen-bond acceptors (Lipinski definition) is 5. The number of carboxylic acids is 1. The highest BCUT2D eigenvalue weighted by molar-refractivity contribution is 7.91. The zero-order valence-corrected chi connectivity index (χ0v) is 12.1. The van der Waals surface area contributed by atoms with Crippen molar-refractivity contribution in [1.82, 2.24) is 5.32 Å². The van der Waals surface area contributed by atoms with Crippen LogP contribution in [0.3, 0.4) is 0 Å². The van der Waals surface area contributed by atoms with Crippen LogP contribution in [0.5, 0.6) is 0 Å². The summed E-state index contributed by atoms with van der Waals surface area (Å²) in [5.41, 5.74) is 0. The smallest absolute Gasteiger partial charge is 0.308 e. The van der Waals surface area contributed by atoms with Gasteiger partial charge in [0.25, 0.3) is 0 Å². The van der Waals surface area contributed by atoms with Crippen LogP contribution in [0.2, 0.25) is 0 Å². The van der Waals surface area contributed by atoms with E-state index in [4.69, 9.17) is 5.11 Å². The van der Waals surface area contributed by atoms with Crippen LogP contribution in [0.25, 0.3) is 0 Å². The molecule has 1 saturated heterocycles. The lowest BCUT2D eigenvalue weighted by Crippen LogP contribution is -2.36. The second kappa shape index (κ2) is 6.02. The molecule has 0 saturated carbocycles. The number of sulfone groups is 1. The van der Waals surface area contributed by atoms with Crippen molar-refractivity contribution in [2.45, 2.75) is 31.8 Å². The molecule has 2 rings (SSSR count). The summed E-state index contributed by atoms with van der Waals surface area (Å²) in [6.45, 7) is 0.676. The minimum Gasteiger partial charge on any atom is -0.481 e. The van der Waals surface area contributed by atoms with Crippen molar-refractivity contribution in [2.24, 2.45) is 0 Å². The van der Waals surface area contributed by atoms with E-state index in [0.717, 1.165) is 9.75 Å². The second-order valence-electron chi connectivity index (χ2n) is 4.75. The van der Waals surface area contributed by atoms with Crippen molar-refractivity contribution in [1.29, 1.82) is 0 Å². The van der Waals surface area contributed by atoms with Crippen LogP contribution in [0.15, 0.2) is 12.1 Å². The summed E-state index contributed by atoms with van der Waals surface area (Å²) in [4.78, 5) is 12.5. The van der Waals surface area contributed by atoms with Gasteiger partial charge in [0.1, 0.15) is 9.84 Å². The summed E-state index contributed by atoms with van der Waals surface area (Å²) >= 11 is 1.49. The Morgan fingerprint density at radius 2 is 1.95 bits per heavy atom. The Labute approximate surface area is 116 Å². The number of nitrogens with one attached hydrogen (secondary N) is 1. The Bertz CT molecular complexity index is 536. The topological polar surface area (TPSA) is 83.5 Å². The number of rotatable bonds is 5. The summed E-state index contributed by atoms with van der Waals surface area (Å²) in [5, 5.41) is 12.0. The first-order chi connectivity index (χ1) is 8.94. The SMILES string of the molecule is O=C(O)Cc1ccc(CNC2CCS(=O)(=O)CC2)s1. The lowest BCUT2D eigenvalue weighted by Gasteiger charge is -2.22. The van der Waals surface area contributed by atoms with E-state index < -0.39 is 15.8 Å². The molecular weight excluding hydrogens is 286 g/mol. The van der Waals surface area contributed by atoms with Gasteiger partial charge in [-0.25, -0.2) is 8.42 Å². The average molecular weight is 303 g/mol. The lowest BCUT2D eigenvalue weighted by molar-refractivity contribution is -0.136. The number of aliphatic carboxylic acids is 1.